The molecule has 2 fully saturated rings. The average Bonchev–Trinajstić information content (AvgIpc) is 2.19. The molecule has 0 amide bonds. The fraction of sp³-hybridized carbons (Fsp3) is 0.909. The van der Waals surface area contributed by atoms with Gasteiger partial charge in [-0.2, -0.15) is 5.26 Å². The van der Waals surface area contributed by atoms with Crippen LogP contribution in [0.5, 0.6) is 0 Å². The lowest BCUT2D eigenvalue weighted by atomic mass is 9.72. The SMILES string of the molecule is CCC(C#N)N1CC2(CCOCC2)C1. The number of hydrogen-bond acceptors (Lipinski definition) is 3. The monoisotopic (exact) mass is 194 g/mol. The van der Waals surface area contributed by atoms with Crippen molar-refractivity contribution in [3.63, 3.8) is 0 Å². The summed E-state index contributed by atoms with van der Waals surface area (Å²) in [6, 6.07) is 2.51. The highest BCUT2D eigenvalue weighted by Crippen LogP contribution is 2.40. The third-order valence-electron chi connectivity index (χ3n) is 3.61. The maximum Gasteiger partial charge on any atom is 0.0975 e. The fourth-order valence-electron chi connectivity index (χ4n) is 2.59. The Labute approximate surface area is 85.6 Å². The van der Waals surface area contributed by atoms with E-state index >= 15 is 0 Å². The first-order valence-electron chi connectivity index (χ1n) is 5.51. The molecule has 3 heteroatoms. The third kappa shape index (κ3) is 1.65. The van der Waals surface area contributed by atoms with Gasteiger partial charge in [0.1, 0.15) is 0 Å². The predicted octanol–water partition coefficient (Wildman–Crippen LogP) is 1.40. The Kier molecular flexibility index (Phi) is 2.76. The largest absolute Gasteiger partial charge is 0.381 e. The minimum Gasteiger partial charge on any atom is -0.381 e. The van der Waals surface area contributed by atoms with Crippen molar-refractivity contribution in [2.24, 2.45) is 5.41 Å². The highest BCUT2D eigenvalue weighted by Gasteiger charge is 2.45. The number of likely N-dealkylation sites (tertiary alicyclic amines) is 1. The van der Waals surface area contributed by atoms with E-state index in [9.17, 15) is 0 Å². The highest BCUT2D eigenvalue weighted by atomic mass is 16.5. The lowest BCUT2D eigenvalue weighted by Crippen LogP contribution is -2.61. The molecule has 1 unspecified atom stereocenters. The Morgan fingerprint density at radius 3 is 2.57 bits per heavy atom. The predicted molar refractivity (Wildman–Crippen MR) is 53.8 cm³/mol. The number of hydrogen-bond donors (Lipinski definition) is 0. The zero-order valence-corrected chi connectivity index (χ0v) is 8.83. The molecule has 2 rings (SSSR count). The van der Waals surface area contributed by atoms with Gasteiger partial charge >= 0.3 is 0 Å². The van der Waals surface area contributed by atoms with Gasteiger partial charge in [-0.1, -0.05) is 6.92 Å². The number of rotatable bonds is 2. The van der Waals surface area contributed by atoms with Crippen LogP contribution in [0, 0.1) is 16.7 Å². The van der Waals surface area contributed by atoms with Crippen LogP contribution in [0.25, 0.3) is 0 Å². The maximum absolute atomic E-state index is 8.93. The summed E-state index contributed by atoms with van der Waals surface area (Å²) < 4.78 is 5.37. The molecular formula is C11H18N2O. The van der Waals surface area contributed by atoms with Gasteiger partial charge in [-0.3, -0.25) is 4.90 Å². The molecule has 2 aliphatic rings. The molecule has 2 saturated heterocycles. The van der Waals surface area contributed by atoms with Crippen LogP contribution in [0.1, 0.15) is 26.2 Å². The number of nitriles is 1. The van der Waals surface area contributed by atoms with E-state index in [2.05, 4.69) is 17.9 Å². The standard InChI is InChI=1S/C11H18N2O/c1-2-10(7-12)13-8-11(9-13)3-5-14-6-4-11/h10H,2-6,8-9H2,1H3. The van der Waals surface area contributed by atoms with Gasteiger partial charge in [-0.25, -0.2) is 0 Å². The van der Waals surface area contributed by atoms with Gasteiger partial charge in [0.25, 0.3) is 0 Å². The normalized spacial score (nSPS) is 28.0. The zero-order chi connectivity index (χ0) is 10.0. The van der Waals surface area contributed by atoms with Gasteiger partial charge in [0.2, 0.25) is 0 Å². The lowest BCUT2D eigenvalue weighted by Gasteiger charge is -2.53. The van der Waals surface area contributed by atoms with Crippen molar-refractivity contribution in [2.45, 2.75) is 32.2 Å². The van der Waals surface area contributed by atoms with E-state index in [0.29, 0.717) is 5.41 Å². The quantitative estimate of drug-likeness (QED) is 0.666. The van der Waals surface area contributed by atoms with Crippen molar-refractivity contribution in [3.05, 3.63) is 0 Å². The smallest absolute Gasteiger partial charge is 0.0975 e. The molecule has 14 heavy (non-hydrogen) atoms. The van der Waals surface area contributed by atoms with E-state index < -0.39 is 0 Å². The second-order valence-electron chi connectivity index (χ2n) is 4.57. The van der Waals surface area contributed by atoms with Gasteiger partial charge in [0.15, 0.2) is 0 Å². The van der Waals surface area contributed by atoms with Crippen LogP contribution in [0.15, 0.2) is 0 Å². The molecule has 2 heterocycles. The van der Waals surface area contributed by atoms with Gasteiger partial charge in [-0.05, 0) is 19.3 Å². The lowest BCUT2D eigenvalue weighted by molar-refractivity contribution is -0.0896. The minimum absolute atomic E-state index is 0.142. The van der Waals surface area contributed by atoms with Crippen LogP contribution in [-0.2, 0) is 4.74 Å². The van der Waals surface area contributed by atoms with Gasteiger partial charge in [0, 0.05) is 31.7 Å². The molecule has 0 saturated carbocycles. The van der Waals surface area contributed by atoms with Crippen molar-refractivity contribution in [3.8, 4) is 6.07 Å². The topological polar surface area (TPSA) is 36.3 Å². The molecule has 3 nitrogen and oxygen atoms in total. The Bertz CT molecular complexity index is 232. The number of nitrogens with zero attached hydrogens (tertiary/aromatic N) is 2. The molecule has 0 aromatic rings. The van der Waals surface area contributed by atoms with Crippen LogP contribution in [-0.4, -0.2) is 37.2 Å². The molecule has 78 valence electrons. The summed E-state index contributed by atoms with van der Waals surface area (Å²) >= 11 is 0. The number of ether oxygens (including phenoxy) is 1. The van der Waals surface area contributed by atoms with Crippen molar-refractivity contribution in [1.29, 1.82) is 5.26 Å². The summed E-state index contributed by atoms with van der Waals surface area (Å²) in [6.45, 7) is 6.14. The van der Waals surface area contributed by atoms with Crippen LogP contribution in [0.2, 0.25) is 0 Å². The summed E-state index contributed by atoms with van der Waals surface area (Å²) in [7, 11) is 0. The molecule has 1 atom stereocenters. The Morgan fingerprint density at radius 1 is 1.43 bits per heavy atom. The average molecular weight is 194 g/mol. The van der Waals surface area contributed by atoms with Crippen molar-refractivity contribution in [2.75, 3.05) is 26.3 Å². The van der Waals surface area contributed by atoms with Crippen molar-refractivity contribution < 1.29 is 4.74 Å². The van der Waals surface area contributed by atoms with Gasteiger partial charge in [0.05, 0.1) is 12.1 Å². The van der Waals surface area contributed by atoms with Crippen LogP contribution in [0.4, 0.5) is 0 Å². The maximum atomic E-state index is 8.93. The van der Waals surface area contributed by atoms with E-state index in [1.807, 2.05) is 0 Å². The molecule has 0 bridgehead atoms. The van der Waals surface area contributed by atoms with Crippen molar-refractivity contribution >= 4 is 0 Å². The van der Waals surface area contributed by atoms with E-state index in [4.69, 9.17) is 10.00 Å². The van der Waals surface area contributed by atoms with Crippen LogP contribution >= 0.6 is 0 Å². The Morgan fingerprint density at radius 2 is 2.07 bits per heavy atom. The van der Waals surface area contributed by atoms with Crippen LogP contribution in [0.3, 0.4) is 0 Å². The zero-order valence-electron chi connectivity index (χ0n) is 8.83. The molecule has 1 spiro atoms. The minimum atomic E-state index is 0.142. The summed E-state index contributed by atoms with van der Waals surface area (Å²) in [5.74, 6) is 0. The van der Waals surface area contributed by atoms with E-state index in [0.717, 1.165) is 32.7 Å². The molecule has 0 aliphatic carbocycles. The molecular weight excluding hydrogens is 176 g/mol. The van der Waals surface area contributed by atoms with E-state index in [1.165, 1.54) is 12.8 Å². The van der Waals surface area contributed by atoms with E-state index in [-0.39, 0.29) is 6.04 Å². The third-order valence-corrected chi connectivity index (χ3v) is 3.61. The first kappa shape index (κ1) is 9.95. The summed E-state index contributed by atoms with van der Waals surface area (Å²) in [5.41, 5.74) is 0.503. The van der Waals surface area contributed by atoms with Gasteiger partial charge in [-0.15, -0.1) is 0 Å². The Balaban J connectivity index is 1.85. The fourth-order valence-corrected chi connectivity index (χ4v) is 2.59. The second-order valence-corrected chi connectivity index (χ2v) is 4.57. The molecule has 0 radical (unpaired) electrons. The second kappa shape index (κ2) is 3.88. The van der Waals surface area contributed by atoms with Crippen LogP contribution < -0.4 is 0 Å². The molecule has 0 N–H and O–H groups in total. The summed E-state index contributed by atoms with van der Waals surface area (Å²) in [6.07, 6.45) is 3.32. The van der Waals surface area contributed by atoms with Gasteiger partial charge < -0.3 is 4.74 Å². The molecule has 0 aromatic heterocycles. The first-order chi connectivity index (χ1) is 6.79. The van der Waals surface area contributed by atoms with Crippen molar-refractivity contribution in [1.82, 2.24) is 4.90 Å². The summed E-state index contributed by atoms with van der Waals surface area (Å²) in [5, 5.41) is 8.93. The summed E-state index contributed by atoms with van der Waals surface area (Å²) in [4.78, 5) is 2.31. The first-order valence-corrected chi connectivity index (χ1v) is 5.51. The molecule has 0 aromatic carbocycles. The highest BCUT2D eigenvalue weighted by molar-refractivity contribution is 5.03. The van der Waals surface area contributed by atoms with E-state index in [1.54, 1.807) is 0 Å². The Hall–Kier alpha value is -0.590. The molecule has 2 aliphatic heterocycles.